The first kappa shape index (κ1) is 13.0. The van der Waals surface area contributed by atoms with Gasteiger partial charge in [0.1, 0.15) is 11.5 Å². The Morgan fingerprint density at radius 3 is 1.89 bits per heavy atom. The third-order valence-corrected chi connectivity index (χ3v) is 3.35. The van der Waals surface area contributed by atoms with E-state index < -0.39 is 0 Å². The van der Waals surface area contributed by atoms with E-state index >= 15 is 0 Å². The molecule has 0 saturated heterocycles. The van der Waals surface area contributed by atoms with E-state index in [4.69, 9.17) is 4.74 Å². The fourth-order valence-corrected chi connectivity index (χ4v) is 2.53. The van der Waals surface area contributed by atoms with Crippen LogP contribution in [-0.2, 0) is 0 Å². The van der Waals surface area contributed by atoms with Crippen LogP contribution in [-0.4, -0.2) is 4.75 Å². The number of benzene rings is 2. The number of ether oxygens (including phenoxy) is 1. The normalized spacial score (nSPS) is 11.3. The molecule has 0 aliphatic carbocycles. The standard InChI is InChI=1S/C16H18OS/c1-16(2,3)18-15-11-9-14(10-12-15)17-13-7-5-4-6-8-13/h4-12H,1-3H3. The Morgan fingerprint density at radius 2 is 1.33 bits per heavy atom. The Hall–Kier alpha value is -1.41. The molecule has 0 heterocycles. The van der Waals surface area contributed by atoms with E-state index in [0.29, 0.717) is 0 Å². The SMILES string of the molecule is CC(C)(C)Sc1ccc(Oc2ccccc2)cc1. The molecule has 2 aromatic rings. The highest BCUT2D eigenvalue weighted by atomic mass is 32.2. The lowest BCUT2D eigenvalue weighted by atomic mass is 10.3. The van der Waals surface area contributed by atoms with Crippen LogP contribution in [0.15, 0.2) is 59.5 Å². The zero-order valence-corrected chi connectivity index (χ0v) is 11.8. The van der Waals surface area contributed by atoms with E-state index in [0.717, 1.165) is 11.5 Å². The van der Waals surface area contributed by atoms with E-state index in [1.165, 1.54) is 4.90 Å². The van der Waals surface area contributed by atoms with Crippen molar-refractivity contribution in [2.75, 3.05) is 0 Å². The van der Waals surface area contributed by atoms with Crippen LogP contribution >= 0.6 is 11.8 Å². The second-order valence-corrected chi connectivity index (χ2v) is 7.00. The monoisotopic (exact) mass is 258 g/mol. The summed E-state index contributed by atoms with van der Waals surface area (Å²) in [5.74, 6) is 1.74. The van der Waals surface area contributed by atoms with Crippen molar-refractivity contribution in [1.29, 1.82) is 0 Å². The summed E-state index contributed by atoms with van der Waals surface area (Å²) in [6.45, 7) is 6.64. The van der Waals surface area contributed by atoms with Gasteiger partial charge in [-0.2, -0.15) is 0 Å². The molecule has 18 heavy (non-hydrogen) atoms. The molecular weight excluding hydrogens is 240 g/mol. The number of thioether (sulfide) groups is 1. The fraction of sp³-hybridized carbons (Fsp3) is 0.250. The Kier molecular flexibility index (Phi) is 3.97. The highest BCUT2D eigenvalue weighted by molar-refractivity contribution is 8.00. The molecule has 0 aliphatic heterocycles. The van der Waals surface area contributed by atoms with Gasteiger partial charge in [0, 0.05) is 9.64 Å². The van der Waals surface area contributed by atoms with Crippen LogP contribution in [0.4, 0.5) is 0 Å². The van der Waals surface area contributed by atoms with Crippen LogP contribution in [0, 0.1) is 0 Å². The maximum atomic E-state index is 5.75. The van der Waals surface area contributed by atoms with Crippen LogP contribution in [0.2, 0.25) is 0 Å². The number of rotatable bonds is 3. The summed E-state index contributed by atoms with van der Waals surface area (Å²) in [6.07, 6.45) is 0. The number of para-hydroxylation sites is 1. The predicted molar refractivity (Wildman–Crippen MR) is 78.6 cm³/mol. The van der Waals surface area contributed by atoms with E-state index in [-0.39, 0.29) is 4.75 Å². The Labute approximate surface area is 113 Å². The largest absolute Gasteiger partial charge is 0.457 e. The van der Waals surface area contributed by atoms with Crippen LogP contribution < -0.4 is 4.74 Å². The Balaban J connectivity index is 2.04. The summed E-state index contributed by atoms with van der Waals surface area (Å²) in [6, 6.07) is 18.1. The molecule has 0 spiro atoms. The zero-order valence-electron chi connectivity index (χ0n) is 11.0. The summed E-state index contributed by atoms with van der Waals surface area (Å²) < 4.78 is 5.99. The first-order chi connectivity index (χ1) is 8.53. The van der Waals surface area contributed by atoms with Crippen molar-refractivity contribution < 1.29 is 4.74 Å². The summed E-state index contributed by atoms with van der Waals surface area (Å²) in [4.78, 5) is 1.27. The average Bonchev–Trinajstić information content (AvgIpc) is 2.31. The van der Waals surface area contributed by atoms with Gasteiger partial charge >= 0.3 is 0 Å². The minimum Gasteiger partial charge on any atom is -0.457 e. The van der Waals surface area contributed by atoms with Gasteiger partial charge in [0.2, 0.25) is 0 Å². The molecule has 0 atom stereocenters. The van der Waals surface area contributed by atoms with Crippen molar-refractivity contribution >= 4 is 11.8 Å². The lowest BCUT2D eigenvalue weighted by molar-refractivity contribution is 0.482. The number of hydrogen-bond donors (Lipinski definition) is 0. The van der Waals surface area contributed by atoms with Crippen LogP contribution in [0.25, 0.3) is 0 Å². The minimum absolute atomic E-state index is 0.238. The highest BCUT2D eigenvalue weighted by Gasteiger charge is 2.11. The van der Waals surface area contributed by atoms with Crippen molar-refractivity contribution in [3.63, 3.8) is 0 Å². The third-order valence-electron chi connectivity index (χ3n) is 2.23. The van der Waals surface area contributed by atoms with Crippen molar-refractivity contribution in [2.24, 2.45) is 0 Å². The van der Waals surface area contributed by atoms with E-state index in [1.54, 1.807) is 0 Å². The second kappa shape index (κ2) is 5.49. The summed E-state index contributed by atoms with van der Waals surface area (Å²) in [7, 11) is 0. The molecule has 0 aromatic heterocycles. The van der Waals surface area contributed by atoms with Crippen molar-refractivity contribution in [2.45, 2.75) is 30.4 Å². The van der Waals surface area contributed by atoms with E-state index in [9.17, 15) is 0 Å². The summed E-state index contributed by atoms with van der Waals surface area (Å²) in [5, 5.41) is 0. The van der Waals surface area contributed by atoms with Gasteiger partial charge < -0.3 is 4.74 Å². The fourth-order valence-electron chi connectivity index (χ4n) is 1.55. The Morgan fingerprint density at radius 1 is 0.778 bits per heavy atom. The third kappa shape index (κ3) is 4.11. The maximum absolute atomic E-state index is 5.75. The Bertz CT molecular complexity index is 483. The van der Waals surface area contributed by atoms with Crippen LogP contribution in [0.3, 0.4) is 0 Å². The number of hydrogen-bond acceptors (Lipinski definition) is 2. The quantitative estimate of drug-likeness (QED) is 0.684. The lowest BCUT2D eigenvalue weighted by Crippen LogP contribution is -2.06. The minimum atomic E-state index is 0.238. The molecule has 2 rings (SSSR count). The summed E-state index contributed by atoms with van der Waals surface area (Å²) in [5.41, 5.74) is 0. The highest BCUT2D eigenvalue weighted by Crippen LogP contribution is 2.33. The maximum Gasteiger partial charge on any atom is 0.127 e. The van der Waals surface area contributed by atoms with Crippen molar-refractivity contribution in [1.82, 2.24) is 0 Å². The molecule has 2 aromatic carbocycles. The second-order valence-electron chi connectivity index (χ2n) is 5.10. The molecule has 0 fully saturated rings. The van der Waals surface area contributed by atoms with Crippen LogP contribution in [0.1, 0.15) is 20.8 Å². The molecule has 0 aliphatic rings. The molecule has 94 valence electrons. The van der Waals surface area contributed by atoms with Gasteiger partial charge in [-0.15, -0.1) is 11.8 Å². The molecule has 0 bridgehead atoms. The topological polar surface area (TPSA) is 9.23 Å². The smallest absolute Gasteiger partial charge is 0.127 e. The molecule has 0 N–H and O–H groups in total. The van der Waals surface area contributed by atoms with E-state index in [1.807, 2.05) is 54.2 Å². The first-order valence-corrected chi connectivity index (χ1v) is 6.87. The van der Waals surface area contributed by atoms with Crippen molar-refractivity contribution in [3.8, 4) is 11.5 Å². The van der Waals surface area contributed by atoms with Gasteiger partial charge in [-0.3, -0.25) is 0 Å². The molecule has 0 saturated carbocycles. The zero-order chi connectivity index (χ0) is 13.0. The first-order valence-electron chi connectivity index (χ1n) is 6.05. The van der Waals surface area contributed by atoms with E-state index in [2.05, 4.69) is 32.9 Å². The van der Waals surface area contributed by atoms with Gasteiger partial charge in [0.15, 0.2) is 0 Å². The van der Waals surface area contributed by atoms with Crippen LogP contribution in [0.5, 0.6) is 11.5 Å². The van der Waals surface area contributed by atoms with Crippen molar-refractivity contribution in [3.05, 3.63) is 54.6 Å². The average molecular weight is 258 g/mol. The van der Waals surface area contributed by atoms with Gasteiger partial charge in [0.25, 0.3) is 0 Å². The molecule has 2 heteroatoms. The molecule has 0 amide bonds. The van der Waals surface area contributed by atoms with Gasteiger partial charge in [-0.1, -0.05) is 39.0 Å². The van der Waals surface area contributed by atoms with Gasteiger partial charge in [0.05, 0.1) is 0 Å². The predicted octanol–water partition coefficient (Wildman–Crippen LogP) is 5.37. The summed E-state index contributed by atoms with van der Waals surface area (Å²) >= 11 is 1.86. The molecule has 0 radical (unpaired) electrons. The molecule has 0 unspecified atom stereocenters. The lowest BCUT2D eigenvalue weighted by Gasteiger charge is -2.17. The molecular formula is C16H18OS. The van der Waals surface area contributed by atoms with Gasteiger partial charge in [-0.25, -0.2) is 0 Å². The molecule has 1 nitrogen and oxygen atoms in total. The van der Waals surface area contributed by atoms with Gasteiger partial charge in [-0.05, 0) is 36.4 Å².